The highest BCUT2D eigenvalue weighted by molar-refractivity contribution is 7.16. The number of hydrogen-bond donors (Lipinski definition) is 0. The fourth-order valence-corrected chi connectivity index (χ4v) is 2.09. The van der Waals surface area contributed by atoms with Crippen molar-refractivity contribution in [3.63, 3.8) is 0 Å². The Hall–Kier alpha value is -1.03. The lowest BCUT2D eigenvalue weighted by Crippen LogP contribution is -1.90. The van der Waals surface area contributed by atoms with Gasteiger partial charge in [-0.25, -0.2) is 14.4 Å². The molecule has 0 saturated carbocycles. The van der Waals surface area contributed by atoms with E-state index in [0.717, 1.165) is 10.5 Å². The van der Waals surface area contributed by atoms with Crippen LogP contribution in [0.3, 0.4) is 0 Å². The van der Waals surface area contributed by atoms with Crippen molar-refractivity contribution in [3.8, 4) is 0 Å². The van der Waals surface area contributed by atoms with E-state index in [-0.39, 0.29) is 5.82 Å². The third kappa shape index (κ3) is 0.992. The monoisotopic (exact) mass is 182 g/mol. The van der Waals surface area contributed by atoms with E-state index >= 15 is 0 Å². The van der Waals surface area contributed by atoms with Crippen LogP contribution in [-0.4, -0.2) is 9.97 Å². The molecule has 0 aliphatic carbocycles. The van der Waals surface area contributed by atoms with E-state index in [1.807, 2.05) is 6.92 Å². The normalized spacial score (nSPS) is 10.9. The van der Waals surface area contributed by atoms with Crippen molar-refractivity contribution in [2.24, 2.45) is 0 Å². The van der Waals surface area contributed by atoms with Gasteiger partial charge in [0.15, 0.2) is 0 Å². The van der Waals surface area contributed by atoms with Crippen LogP contribution in [0, 0.1) is 19.7 Å². The molecule has 0 atom stereocenters. The number of hydrogen-bond acceptors (Lipinski definition) is 3. The molecule has 12 heavy (non-hydrogen) atoms. The molecule has 2 aromatic heterocycles. The summed E-state index contributed by atoms with van der Waals surface area (Å²) in [6.07, 6.45) is 0. The Kier molecular flexibility index (Phi) is 1.58. The van der Waals surface area contributed by atoms with Crippen LogP contribution in [0.1, 0.15) is 11.5 Å². The summed E-state index contributed by atoms with van der Waals surface area (Å²) >= 11 is 1.32. The zero-order chi connectivity index (χ0) is 8.72. The molecule has 0 aliphatic heterocycles. The van der Waals surface area contributed by atoms with Gasteiger partial charge in [0.05, 0.1) is 11.1 Å². The van der Waals surface area contributed by atoms with E-state index in [4.69, 9.17) is 0 Å². The standard InChI is InChI=1S/C8H7FN2S/c1-4-7-6(9)3-12-8(7)11-5(2)10-4/h3H,1-2H3. The van der Waals surface area contributed by atoms with Crippen molar-refractivity contribution in [1.29, 1.82) is 0 Å². The molecule has 0 N–H and O–H groups in total. The molecule has 4 heteroatoms. The minimum Gasteiger partial charge on any atom is -0.238 e. The molecule has 0 amide bonds. The van der Waals surface area contributed by atoms with Gasteiger partial charge >= 0.3 is 0 Å². The van der Waals surface area contributed by atoms with Crippen molar-refractivity contribution < 1.29 is 4.39 Å². The lowest BCUT2D eigenvalue weighted by molar-refractivity contribution is 0.643. The van der Waals surface area contributed by atoms with Gasteiger partial charge in [-0.05, 0) is 13.8 Å². The Labute approximate surface area is 73.1 Å². The number of thiophene rings is 1. The molecule has 0 spiro atoms. The summed E-state index contributed by atoms with van der Waals surface area (Å²) in [5.74, 6) is 0.481. The molecule has 0 aromatic carbocycles. The number of fused-ring (bicyclic) bond motifs is 1. The van der Waals surface area contributed by atoms with E-state index in [1.165, 1.54) is 16.7 Å². The second kappa shape index (κ2) is 2.48. The summed E-state index contributed by atoms with van der Waals surface area (Å²) < 4.78 is 13.1. The van der Waals surface area contributed by atoms with E-state index in [2.05, 4.69) is 9.97 Å². The van der Waals surface area contributed by atoms with Crippen molar-refractivity contribution in [2.45, 2.75) is 13.8 Å². The molecule has 2 rings (SSSR count). The number of rotatable bonds is 0. The van der Waals surface area contributed by atoms with Crippen molar-refractivity contribution in [2.75, 3.05) is 0 Å². The largest absolute Gasteiger partial charge is 0.238 e. The average Bonchev–Trinajstić information content (AvgIpc) is 2.31. The van der Waals surface area contributed by atoms with E-state index < -0.39 is 0 Å². The van der Waals surface area contributed by atoms with Crippen molar-refractivity contribution in [1.82, 2.24) is 9.97 Å². The molecule has 2 nitrogen and oxygen atoms in total. The third-order valence-corrected chi connectivity index (χ3v) is 2.52. The van der Waals surface area contributed by atoms with Crippen LogP contribution in [0.25, 0.3) is 10.2 Å². The predicted molar refractivity (Wildman–Crippen MR) is 46.8 cm³/mol. The van der Waals surface area contributed by atoms with Gasteiger partial charge in [0, 0.05) is 5.38 Å². The number of aryl methyl sites for hydroxylation is 2. The van der Waals surface area contributed by atoms with Crippen LogP contribution in [0.15, 0.2) is 5.38 Å². The van der Waals surface area contributed by atoms with Crippen LogP contribution in [-0.2, 0) is 0 Å². The van der Waals surface area contributed by atoms with Gasteiger partial charge in [-0.2, -0.15) is 0 Å². The zero-order valence-corrected chi connectivity index (χ0v) is 7.57. The predicted octanol–water partition coefficient (Wildman–Crippen LogP) is 2.45. The molecule has 0 aliphatic rings. The maximum atomic E-state index is 13.1. The maximum Gasteiger partial charge on any atom is 0.145 e. The Balaban J connectivity index is 2.93. The second-order valence-electron chi connectivity index (χ2n) is 2.62. The summed E-state index contributed by atoms with van der Waals surface area (Å²) in [4.78, 5) is 8.95. The smallest absolute Gasteiger partial charge is 0.145 e. The summed E-state index contributed by atoms with van der Waals surface area (Å²) in [5, 5.41) is 2.02. The Morgan fingerprint density at radius 3 is 2.83 bits per heavy atom. The van der Waals surface area contributed by atoms with Crippen LogP contribution >= 0.6 is 11.3 Å². The average molecular weight is 182 g/mol. The summed E-state index contributed by atoms with van der Waals surface area (Å²) in [7, 11) is 0. The molecule has 0 saturated heterocycles. The lowest BCUT2D eigenvalue weighted by atomic mass is 10.3. The molecular weight excluding hydrogens is 175 g/mol. The minimum atomic E-state index is -0.215. The summed E-state index contributed by atoms with van der Waals surface area (Å²) in [5.41, 5.74) is 0.719. The first-order valence-corrected chi connectivity index (χ1v) is 4.44. The quantitative estimate of drug-likeness (QED) is 0.625. The number of halogens is 1. The SMILES string of the molecule is Cc1nc(C)c2c(F)csc2n1. The van der Waals surface area contributed by atoms with Gasteiger partial charge in [-0.15, -0.1) is 11.3 Å². The van der Waals surface area contributed by atoms with Gasteiger partial charge < -0.3 is 0 Å². The first-order valence-electron chi connectivity index (χ1n) is 3.56. The van der Waals surface area contributed by atoms with Gasteiger partial charge in [-0.1, -0.05) is 0 Å². The molecule has 0 radical (unpaired) electrons. The summed E-state index contributed by atoms with van der Waals surface area (Å²) in [6, 6.07) is 0. The number of aromatic nitrogens is 2. The van der Waals surface area contributed by atoms with Crippen LogP contribution in [0.2, 0.25) is 0 Å². The second-order valence-corrected chi connectivity index (χ2v) is 3.48. The molecule has 0 unspecified atom stereocenters. The van der Waals surface area contributed by atoms with Crippen LogP contribution in [0.5, 0.6) is 0 Å². The zero-order valence-electron chi connectivity index (χ0n) is 6.76. The highest BCUT2D eigenvalue weighted by Gasteiger charge is 2.08. The first kappa shape index (κ1) is 7.61. The van der Waals surface area contributed by atoms with Crippen LogP contribution < -0.4 is 0 Å². The molecule has 2 heterocycles. The minimum absolute atomic E-state index is 0.215. The number of nitrogens with zero attached hydrogens (tertiary/aromatic N) is 2. The fraction of sp³-hybridized carbons (Fsp3) is 0.250. The lowest BCUT2D eigenvalue weighted by Gasteiger charge is -1.96. The van der Waals surface area contributed by atoms with Gasteiger partial charge in [0.1, 0.15) is 16.5 Å². The van der Waals surface area contributed by atoms with Crippen molar-refractivity contribution >= 4 is 21.6 Å². The van der Waals surface area contributed by atoms with Crippen molar-refractivity contribution in [3.05, 3.63) is 22.7 Å². The Morgan fingerprint density at radius 1 is 1.33 bits per heavy atom. The maximum absolute atomic E-state index is 13.1. The Bertz CT molecular complexity index is 436. The fourth-order valence-electron chi connectivity index (χ4n) is 1.21. The van der Waals surface area contributed by atoms with Gasteiger partial charge in [0.25, 0.3) is 0 Å². The Morgan fingerprint density at radius 2 is 2.08 bits per heavy atom. The molecule has 62 valence electrons. The molecule has 0 fully saturated rings. The van der Waals surface area contributed by atoms with Gasteiger partial charge in [0.2, 0.25) is 0 Å². The molecular formula is C8H7FN2S. The van der Waals surface area contributed by atoms with E-state index in [1.54, 1.807) is 6.92 Å². The molecule has 0 bridgehead atoms. The first-order chi connectivity index (χ1) is 5.68. The third-order valence-electron chi connectivity index (χ3n) is 1.68. The molecule has 2 aromatic rings. The highest BCUT2D eigenvalue weighted by Crippen LogP contribution is 2.24. The van der Waals surface area contributed by atoms with Gasteiger partial charge in [-0.3, -0.25) is 0 Å². The summed E-state index contributed by atoms with van der Waals surface area (Å²) in [6.45, 7) is 3.61. The van der Waals surface area contributed by atoms with E-state index in [0.29, 0.717) is 11.2 Å². The van der Waals surface area contributed by atoms with Crippen LogP contribution in [0.4, 0.5) is 4.39 Å². The highest BCUT2D eigenvalue weighted by atomic mass is 32.1. The van der Waals surface area contributed by atoms with E-state index in [9.17, 15) is 4.39 Å². The topological polar surface area (TPSA) is 25.8 Å².